The molecule has 5 rings (SSSR count). The Morgan fingerprint density at radius 2 is 2.05 bits per heavy atom. The van der Waals surface area contributed by atoms with Crippen molar-refractivity contribution in [2.45, 2.75) is 19.9 Å². The van der Waals surface area contributed by atoms with Crippen LogP contribution in [0.4, 0.5) is 16.2 Å². The second-order valence-electron chi connectivity index (χ2n) is 8.53. The minimum absolute atomic E-state index is 0.105. The van der Waals surface area contributed by atoms with Gasteiger partial charge in [0.15, 0.2) is 5.58 Å². The molecule has 0 bridgehead atoms. The fourth-order valence-electron chi connectivity index (χ4n) is 4.03. The van der Waals surface area contributed by atoms with E-state index in [1.807, 2.05) is 19.1 Å². The number of hydrogen-bond donors (Lipinski definition) is 4. The highest BCUT2D eigenvalue weighted by Crippen LogP contribution is 2.36. The Morgan fingerprint density at radius 3 is 2.84 bits per heavy atom. The zero-order chi connectivity index (χ0) is 26.8. The number of oxazole rings is 1. The van der Waals surface area contributed by atoms with Gasteiger partial charge in [-0.25, -0.2) is 14.4 Å². The van der Waals surface area contributed by atoms with Crippen molar-refractivity contribution in [1.29, 1.82) is 0 Å². The van der Waals surface area contributed by atoms with Crippen molar-refractivity contribution in [2.75, 3.05) is 10.6 Å². The second-order valence-corrected chi connectivity index (χ2v) is 8.94. The minimum atomic E-state index is -0.776. The number of pyridine rings is 1. The number of benzene rings is 2. The lowest BCUT2D eigenvalue weighted by Crippen LogP contribution is -2.37. The molecule has 0 radical (unpaired) electrons. The summed E-state index contributed by atoms with van der Waals surface area (Å²) in [5, 5.41) is 12.8. The van der Waals surface area contributed by atoms with Gasteiger partial charge in [0.1, 0.15) is 23.2 Å². The maximum Gasteiger partial charge on any atom is 0.302 e. The Labute approximate surface area is 221 Å². The van der Waals surface area contributed by atoms with Crippen LogP contribution in [-0.2, 0) is 4.79 Å². The van der Waals surface area contributed by atoms with Crippen molar-refractivity contribution in [2.24, 2.45) is 15.9 Å². The monoisotopic (exact) mass is 532 g/mol. The number of amides is 1. The van der Waals surface area contributed by atoms with Gasteiger partial charge in [-0.2, -0.15) is 10.1 Å². The van der Waals surface area contributed by atoms with Crippen LogP contribution >= 0.6 is 11.6 Å². The number of anilines is 2. The maximum atomic E-state index is 13.6. The van der Waals surface area contributed by atoms with E-state index in [4.69, 9.17) is 26.9 Å². The minimum Gasteiger partial charge on any atom is -0.423 e. The van der Waals surface area contributed by atoms with E-state index in [1.165, 1.54) is 30.6 Å². The number of nitrogens with zero attached hydrogens (tertiary/aromatic N) is 4. The van der Waals surface area contributed by atoms with E-state index in [1.54, 1.807) is 25.1 Å². The molecule has 2 aromatic heterocycles. The summed E-state index contributed by atoms with van der Waals surface area (Å²) in [6.45, 7) is 3.66. The lowest BCUT2D eigenvalue weighted by molar-refractivity contribution is -0.113. The van der Waals surface area contributed by atoms with E-state index in [-0.39, 0.29) is 17.6 Å². The molecule has 5 N–H and O–H groups in total. The zero-order valence-electron chi connectivity index (χ0n) is 20.3. The fourth-order valence-corrected chi connectivity index (χ4v) is 4.37. The maximum absolute atomic E-state index is 13.6. The number of carbonyl (C=O) groups excluding carboxylic acids is 1. The summed E-state index contributed by atoms with van der Waals surface area (Å²) in [6.07, 6.45) is 2.98. The number of fused-ring (bicyclic) bond motifs is 1. The van der Waals surface area contributed by atoms with Crippen LogP contribution in [-0.4, -0.2) is 28.0 Å². The van der Waals surface area contributed by atoms with Crippen molar-refractivity contribution >= 4 is 52.6 Å². The number of hydrogen-bond acceptors (Lipinski definition) is 9. The number of rotatable bonds is 5. The van der Waals surface area contributed by atoms with Gasteiger partial charge < -0.3 is 20.9 Å². The highest BCUT2D eigenvalue weighted by molar-refractivity contribution is 6.31. The Morgan fingerprint density at radius 1 is 1.21 bits per heavy atom. The van der Waals surface area contributed by atoms with Gasteiger partial charge in [0.25, 0.3) is 5.91 Å². The highest BCUT2D eigenvalue weighted by atomic mass is 35.5. The third kappa shape index (κ3) is 5.18. The van der Waals surface area contributed by atoms with Gasteiger partial charge in [-0.1, -0.05) is 23.7 Å². The molecule has 0 aliphatic carbocycles. The summed E-state index contributed by atoms with van der Waals surface area (Å²) in [4.78, 5) is 26.8. The molecule has 1 aliphatic heterocycles. The molecule has 1 amide bonds. The van der Waals surface area contributed by atoms with Crippen LogP contribution in [0.15, 0.2) is 80.5 Å². The molecule has 0 saturated carbocycles. The van der Waals surface area contributed by atoms with Crippen molar-refractivity contribution in [3.05, 3.63) is 93.5 Å². The summed E-state index contributed by atoms with van der Waals surface area (Å²) < 4.78 is 19.2. The first-order valence-electron chi connectivity index (χ1n) is 11.5. The molecule has 0 spiro atoms. The number of hydrazone groups is 1. The van der Waals surface area contributed by atoms with E-state index in [9.17, 15) is 9.18 Å². The number of allylic oxidation sites excluding steroid dienone is 1. The number of halogens is 2. The first-order chi connectivity index (χ1) is 18.3. The molecule has 3 heterocycles. The molecular weight excluding hydrogens is 511 g/mol. The molecular formula is C26H22ClFN8O2. The number of nitrogens with two attached hydrogens (primary N) is 1. The average molecular weight is 533 g/mol. The van der Waals surface area contributed by atoms with E-state index < -0.39 is 17.8 Å². The summed E-state index contributed by atoms with van der Waals surface area (Å²) in [5.41, 5.74) is 3.87. The standard InChI is InChI=1S/C26H22ClFN8O2/c1-13-3-5-17(18(27)9-13)23-22(24(37)34-21-10-15(12-31-29)7-8-30-21)14(2)32-25(35-23)36-26-33-19-6-4-16(28)11-20(19)38-26/h3-12,23H,29H2,1-2H3,(H,30,34,37)(H2,32,33,35,36)/b31-12+. The van der Waals surface area contributed by atoms with E-state index >= 15 is 0 Å². The van der Waals surface area contributed by atoms with Gasteiger partial charge in [0.2, 0.25) is 5.96 Å². The number of aromatic nitrogens is 2. The molecule has 1 unspecified atom stereocenters. The average Bonchev–Trinajstić information content (AvgIpc) is 3.25. The predicted octanol–water partition coefficient (Wildman–Crippen LogP) is 4.64. The molecule has 1 aliphatic rings. The number of aryl methyl sites for hydroxylation is 1. The van der Waals surface area contributed by atoms with E-state index in [0.29, 0.717) is 38.8 Å². The number of guanidine groups is 1. The first kappa shape index (κ1) is 24.9. The third-order valence-electron chi connectivity index (χ3n) is 5.76. The van der Waals surface area contributed by atoms with Gasteiger partial charge in [0.05, 0.1) is 11.8 Å². The Hall–Kier alpha value is -4.77. The van der Waals surface area contributed by atoms with Crippen LogP contribution < -0.4 is 21.8 Å². The van der Waals surface area contributed by atoms with Crippen LogP contribution in [0.2, 0.25) is 5.02 Å². The number of nitrogens with one attached hydrogen (secondary N) is 3. The molecule has 1 atom stereocenters. The highest BCUT2D eigenvalue weighted by Gasteiger charge is 2.31. The smallest absolute Gasteiger partial charge is 0.302 e. The topological polar surface area (TPSA) is 143 Å². The molecule has 4 aromatic rings. The van der Waals surface area contributed by atoms with Crippen LogP contribution in [0.1, 0.15) is 29.7 Å². The van der Waals surface area contributed by atoms with E-state index in [2.05, 4.69) is 31.0 Å². The molecule has 2 aromatic carbocycles. The van der Waals surface area contributed by atoms with E-state index in [0.717, 1.165) is 5.56 Å². The second kappa shape index (κ2) is 10.3. The van der Waals surface area contributed by atoms with Crippen molar-refractivity contribution in [3.63, 3.8) is 0 Å². The quantitative estimate of drug-likeness (QED) is 0.166. The van der Waals surface area contributed by atoms with Gasteiger partial charge in [-0.15, -0.1) is 0 Å². The van der Waals surface area contributed by atoms with Crippen LogP contribution in [0.25, 0.3) is 11.1 Å². The molecule has 10 nitrogen and oxygen atoms in total. The summed E-state index contributed by atoms with van der Waals surface area (Å²) in [7, 11) is 0. The summed E-state index contributed by atoms with van der Waals surface area (Å²) >= 11 is 6.60. The summed E-state index contributed by atoms with van der Waals surface area (Å²) in [6, 6.07) is 12.3. The number of aliphatic imine (C=N–C) groups is 1. The Balaban J connectivity index is 1.49. The van der Waals surface area contributed by atoms with Crippen molar-refractivity contribution in [1.82, 2.24) is 15.3 Å². The fraction of sp³-hybridized carbons (Fsp3) is 0.115. The first-order valence-corrected chi connectivity index (χ1v) is 11.8. The Bertz CT molecular complexity index is 1650. The van der Waals surface area contributed by atoms with Crippen molar-refractivity contribution < 1.29 is 13.6 Å². The van der Waals surface area contributed by atoms with Crippen LogP contribution in [0, 0.1) is 12.7 Å². The SMILES string of the molecule is CC1=C(C(=O)Nc2cc(/C=N/N)ccn2)C(c2ccc(C)cc2Cl)N=C(Nc2nc3ccc(F)cc3o2)N1. The van der Waals surface area contributed by atoms with Gasteiger partial charge in [-0.3, -0.25) is 10.1 Å². The summed E-state index contributed by atoms with van der Waals surface area (Å²) in [5.74, 6) is 4.96. The molecule has 0 fully saturated rings. The predicted molar refractivity (Wildman–Crippen MR) is 144 cm³/mol. The van der Waals surface area contributed by atoms with Crippen molar-refractivity contribution in [3.8, 4) is 0 Å². The zero-order valence-corrected chi connectivity index (χ0v) is 21.0. The lowest BCUT2D eigenvalue weighted by atomic mass is 9.95. The van der Waals surface area contributed by atoms with Gasteiger partial charge >= 0.3 is 6.01 Å². The van der Waals surface area contributed by atoms with Crippen LogP contribution in [0.5, 0.6) is 0 Å². The van der Waals surface area contributed by atoms with Gasteiger partial charge in [0, 0.05) is 28.5 Å². The Kier molecular flexibility index (Phi) is 6.75. The molecule has 38 heavy (non-hydrogen) atoms. The number of carbonyl (C=O) groups is 1. The largest absolute Gasteiger partial charge is 0.423 e. The van der Waals surface area contributed by atoms with Crippen LogP contribution in [0.3, 0.4) is 0 Å². The third-order valence-corrected chi connectivity index (χ3v) is 6.09. The lowest BCUT2D eigenvalue weighted by Gasteiger charge is -2.27. The molecule has 0 saturated heterocycles. The van der Waals surface area contributed by atoms with Gasteiger partial charge in [-0.05, 0) is 55.3 Å². The molecule has 192 valence electrons. The normalized spacial score (nSPS) is 15.5. The molecule has 12 heteroatoms.